The predicted molar refractivity (Wildman–Crippen MR) is 80.5 cm³/mol. The van der Waals surface area contributed by atoms with Crippen LogP contribution in [0.15, 0.2) is 18.2 Å². The third-order valence-electron chi connectivity index (χ3n) is 3.59. The molecule has 5 heteroatoms. The number of rotatable bonds is 6. The van der Waals surface area contributed by atoms with Gasteiger partial charge in [0.05, 0.1) is 36.5 Å². The molecule has 1 fully saturated rings. The second kappa shape index (κ2) is 6.23. The summed E-state index contributed by atoms with van der Waals surface area (Å²) in [6.07, 6.45) is 1.15. The Morgan fingerprint density at radius 2 is 2.19 bits per heavy atom. The Hall–Kier alpha value is -1.93. The summed E-state index contributed by atoms with van der Waals surface area (Å²) in [6, 6.07) is 7.74. The average molecular weight is 290 g/mol. The summed E-state index contributed by atoms with van der Waals surface area (Å²) in [6.45, 7) is 4.35. The number of nitrogens with zero attached hydrogens (tertiary/aromatic N) is 1. The van der Waals surface area contributed by atoms with Crippen molar-refractivity contribution in [2.75, 3.05) is 19.0 Å². The number of nitrogens with one attached hydrogen (secondary N) is 1. The van der Waals surface area contributed by atoms with Gasteiger partial charge in [0.1, 0.15) is 11.5 Å². The Morgan fingerprint density at radius 3 is 2.76 bits per heavy atom. The van der Waals surface area contributed by atoms with Crippen LogP contribution in [0.25, 0.3) is 0 Å². The van der Waals surface area contributed by atoms with Gasteiger partial charge >= 0.3 is 0 Å². The molecule has 0 amide bonds. The minimum atomic E-state index is -0.793. The van der Waals surface area contributed by atoms with Gasteiger partial charge in [-0.2, -0.15) is 5.26 Å². The number of methoxy groups -OCH3 is 1. The van der Waals surface area contributed by atoms with Crippen LogP contribution >= 0.6 is 0 Å². The Labute approximate surface area is 125 Å². The molecule has 1 aromatic carbocycles. The van der Waals surface area contributed by atoms with Crippen LogP contribution in [0.5, 0.6) is 11.5 Å². The van der Waals surface area contributed by atoms with Crippen molar-refractivity contribution in [2.24, 2.45) is 5.92 Å². The molecular formula is C16H22N2O3. The van der Waals surface area contributed by atoms with Crippen molar-refractivity contribution in [3.8, 4) is 17.6 Å². The maximum atomic E-state index is 10.2. The molecule has 1 aliphatic carbocycles. The van der Waals surface area contributed by atoms with Crippen molar-refractivity contribution in [1.82, 2.24) is 0 Å². The molecule has 0 heterocycles. The predicted octanol–water partition coefficient (Wildman–Crippen LogP) is 2.56. The van der Waals surface area contributed by atoms with Gasteiger partial charge in [-0.1, -0.05) is 0 Å². The number of anilines is 1. The Morgan fingerprint density at radius 1 is 1.48 bits per heavy atom. The molecule has 114 valence electrons. The smallest absolute Gasteiger partial charge is 0.145 e. The van der Waals surface area contributed by atoms with Crippen molar-refractivity contribution in [3.05, 3.63) is 18.2 Å². The normalized spacial score (nSPS) is 24.1. The molecule has 2 N–H and O–H groups in total. The number of benzene rings is 1. The first-order valence-electron chi connectivity index (χ1n) is 7.16. The second-order valence-electron chi connectivity index (χ2n) is 5.84. The fourth-order valence-electron chi connectivity index (χ4n) is 2.52. The van der Waals surface area contributed by atoms with E-state index in [0.29, 0.717) is 25.1 Å². The summed E-state index contributed by atoms with van der Waals surface area (Å²) < 4.78 is 11.0. The monoisotopic (exact) mass is 290 g/mol. The van der Waals surface area contributed by atoms with E-state index in [2.05, 4.69) is 11.4 Å². The van der Waals surface area contributed by atoms with E-state index >= 15 is 0 Å². The van der Waals surface area contributed by atoms with Crippen LogP contribution < -0.4 is 14.8 Å². The first kappa shape index (κ1) is 15.5. The van der Waals surface area contributed by atoms with E-state index in [0.717, 1.165) is 11.4 Å². The summed E-state index contributed by atoms with van der Waals surface area (Å²) in [5.74, 6) is 1.40. The molecule has 1 aliphatic rings. The number of aliphatic hydroxyl groups is 1. The lowest BCUT2D eigenvalue weighted by atomic mass is 9.71. The summed E-state index contributed by atoms with van der Waals surface area (Å²) in [4.78, 5) is 0. The fourth-order valence-corrected chi connectivity index (χ4v) is 2.52. The molecule has 0 unspecified atom stereocenters. The molecule has 0 bridgehead atoms. The Balaban J connectivity index is 1.99. The highest BCUT2D eigenvalue weighted by atomic mass is 16.5. The maximum Gasteiger partial charge on any atom is 0.145 e. The number of ether oxygens (including phenoxy) is 2. The standard InChI is InChI=1S/C16H22N2O3/c1-11(2)21-13-4-5-14(15(6-13)20-3)18-10-16(19)7-12(8-16)9-17/h4-6,11-12,18-19H,7-8,10H2,1-3H3. The van der Waals surface area contributed by atoms with E-state index < -0.39 is 5.60 Å². The van der Waals surface area contributed by atoms with Crippen molar-refractivity contribution in [2.45, 2.75) is 38.4 Å². The van der Waals surface area contributed by atoms with Crippen LogP contribution in [0.1, 0.15) is 26.7 Å². The molecule has 0 aliphatic heterocycles. The number of hydrogen-bond acceptors (Lipinski definition) is 5. The highest BCUT2D eigenvalue weighted by Gasteiger charge is 2.42. The van der Waals surface area contributed by atoms with E-state index in [1.54, 1.807) is 7.11 Å². The lowest BCUT2D eigenvalue weighted by Gasteiger charge is -2.40. The van der Waals surface area contributed by atoms with Crippen LogP contribution in [0.2, 0.25) is 0 Å². The van der Waals surface area contributed by atoms with Gasteiger partial charge in [-0.3, -0.25) is 0 Å². The minimum Gasteiger partial charge on any atom is -0.494 e. The highest BCUT2D eigenvalue weighted by molar-refractivity contribution is 5.59. The summed E-state index contributed by atoms with van der Waals surface area (Å²) in [5.41, 5.74) is 0.0147. The lowest BCUT2D eigenvalue weighted by Crippen LogP contribution is -2.48. The SMILES string of the molecule is COc1cc(OC(C)C)ccc1NCC1(O)CC(C#N)C1. The molecular weight excluding hydrogens is 268 g/mol. The van der Waals surface area contributed by atoms with Gasteiger partial charge in [0.2, 0.25) is 0 Å². The van der Waals surface area contributed by atoms with Crippen molar-refractivity contribution in [3.63, 3.8) is 0 Å². The van der Waals surface area contributed by atoms with E-state index in [9.17, 15) is 5.11 Å². The van der Waals surface area contributed by atoms with Gasteiger partial charge in [-0.05, 0) is 38.8 Å². The zero-order chi connectivity index (χ0) is 15.5. The third-order valence-corrected chi connectivity index (χ3v) is 3.59. The van der Waals surface area contributed by atoms with Crippen LogP contribution in [0.4, 0.5) is 5.69 Å². The van der Waals surface area contributed by atoms with E-state index in [1.165, 1.54) is 0 Å². The van der Waals surface area contributed by atoms with Gasteiger partial charge in [-0.25, -0.2) is 0 Å². The first-order chi connectivity index (χ1) is 9.95. The topological polar surface area (TPSA) is 74.5 Å². The van der Waals surface area contributed by atoms with Gasteiger partial charge in [0.25, 0.3) is 0 Å². The Kier molecular flexibility index (Phi) is 4.59. The summed E-state index contributed by atoms with van der Waals surface area (Å²) in [7, 11) is 1.60. The van der Waals surface area contributed by atoms with Gasteiger partial charge in [0.15, 0.2) is 0 Å². The number of nitriles is 1. The second-order valence-corrected chi connectivity index (χ2v) is 5.84. The Bertz CT molecular complexity index is 531. The van der Waals surface area contributed by atoms with Crippen LogP contribution in [0.3, 0.4) is 0 Å². The van der Waals surface area contributed by atoms with E-state index in [1.807, 2.05) is 32.0 Å². The molecule has 0 aromatic heterocycles. The van der Waals surface area contributed by atoms with Gasteiger partial charge < -0.3 is 19.9 Å². The van der Waals surface area contributed by atoms with Crippen molar-refractivity contribution in [1.29, 1.82) is 5.26 Å². The van der Waals surface area contributed by atoms with Gasteiger partial charge in [-0.15, -0.1) is 0 Å². The van der Waals surface area contributed by atoms with Crippen molar-refractivity contribution < 1.29 is 14.6 Å². The highest BCUT2D eigenvalue weighted by Crippen LogP contribution is 2.38. The van der Waals surface area contributed by atoms with E-state index in [4.69, 9.17) is 14.7 Å². The zero-order valence-electron chi connectivity index (χ0n) is 12.7. The van der Waals surface area contributed by atoms with Crippen LogP contribution in [-0.2, 0) is 0 Å². The zero-order valence-corrected chi connectivity index (χ0v) is 12.7. The molecule has 5 nitrogen and oxygen atoms in total. The fraction of sp³-hybridized carbons (Fsp3) is 0.562. The molecule has 0 saturated heterocycles. The largest absolute Gasteiger partial charge is 0.494 e. The molecule has 21 heavy (non-hydrogen) atoms. The molecule has 0 atom stereocenters. The van der Waals surface area contributed by atoms with E-state index in [-0.39, 0.29) is 12.0 Å². The quantitative estimate of drug-likeness (QED) is 0.842. The maximum absolute atomic E-state index is 10.2. The molecule has 0 spiro atoms. The number of hydrogen-bond donors (Lipinski definition) is 2. The third kappa shape index (κ3) is 3.79. The van der Waals surface area contributed by atoms with Crippen LogP contribution in [0, 0.1) is 17.2 Å². The molecule has 0 radical (unpaired) electrons. The van der Waals surface area contributed by atoms with Crippen molar-refractivity contribution >= 4 is 5.69 Å². The van der Waals surface area contributed by atoms with Crippen LogP contribution in [-0.4, -0.2) is 30.5 Å². The molecule has 1 aromatic rings. The first-order valence-corrected chi connectivity index (χ1v) is 7.16. The summed E-state index contributed by atoms with van der Waals surface area (Å²) >= 11 is 0. The summed E-state index contributed by atoms with van der Waals surface area (Å²) in [5, 5.41) is 22.2. The lowest BCUT2D eigenvalue weighted by molar-refractivity contribution is -0.0442. The van der Waals surface area contributed by atoms with Gasteiger partial charge in [0, 0.05) is 12.6 Å². The minimum absolute atomic E-state index is 0.0273. The molecule has 1 saturated carbocycles. The average Bonchev–Trinajstić information content (AvgIpc) is 2.42. The molecule has 2 rings (SSSR count).